The van der Waals surface area contributed by atoms with Gasteiger partial charge in [-0.25, -0.2) is 0 Å². The summed E-state index contributed by atoms with van der Waals surface area (Å²) in [6.07, 6.45) is 1.72. The van der Waals surface area contributed by atoms with E-state index in [1.54, 1.807) is 6.26 Å². The minimum absolute atomic E-state index is 0.872. The van der Waals surface area contributed by atoms with Gasteiger partial charge < -0.3 is 4.42 Å². The highest BCUT2D eigenvalue weighted by Crippen LogP contribution is 2.32. The monoisotopic (exact) mass is 219 g/mol. The Labute approximate surface area is 100 Å². The molecule has 0 N–H and O–H groups in total. The third kappa shape index (κ3) is 1.87. The van der Waals surface area contributed by atoms with Crippen LogP contribution in [0.4, 0.5) is 0 Å². The van der Waals surface area contributed by atoms with Crippen LogP contribution in [0, 0.1) is 6.07 Å². The quantitative estimate of drug-likeness (QED) is 0.622. The lowest BCUT2D eigenvalue weighted by Gasteiger charge is -2.02. The van der Waals surface area contributed by atoms with E-state index in [1.165, 1.54) is 0 Å². The summed E-state index contributed by atoms with van der Waals surface area (Å²) in [6.45, 7) is 0. The SMILES string of the molecule is [c]1ccccc1-c1occc1-c1ccccc1. The van der Waals surface area contributed by atoms with Crippen molar-refractivity contribution in [3.8, 4) is 22.5 Å². The van der Waals surface area contributed by atoms with Crippen LogP contribution in [0.5, 0.6) is 0 Å². The minimum atomic E-state index is 0.872. The van der Waals surface area contributed by atoms with Gasteiger partial charge in [-0.3, -0.25) is 0 Å². The van der Waals surface area contributed by atoms with Crippen LogP contribution in [0.2, 0.25) is 0 Å². The van der Waals surface area contributed by atoms with Crippen LogP contribution in [0.15, 0.2) is 71.3 Å². The molecule has 0 fully saturated rings. The van der Waals surface area contributed by atoms with E-state index in [4.69, 9.17) is 4.42 Å². The van der Waals surface area contributed by atoms with Crippen molar-refractivity contribution in [1.29, 1.82) is 0 Å². The highest BCUT2D eigenvalue weighted by molar-refractivity contribution is 5.79. The van der Waals surface area contributed by atoms with Crippen LogP contribution in [-0.2, 0) is 0 Å². The van der Waals surface area contributed by atoms with Gasteiger partial charge in [-0.2, -0.15) is 0 Å². The average Bonchev–Trinajstić information content (AvgIpc) is 2.90. The van der Waals surface area contributed by atoms with E-state index < -0.39 is 0 Å². The number of hydrogen-bond acceptors (Lipinski definition) is 1. The van der Waals surface area contributed by atoms with Crippen molar-refractivity contribution in [3.63, 3.8) is 0 Å². The second-order valence-electron chi connectivity index (χ2n) is 3.81. The van der Waals surface area contributed by atoms with Crippen molar-refractivity contribution in [3.05, 3.63) is 73.0 Å². The molecule has 3 rings (SSSR count). The van der Waals surface area contributed by atoms with E-state index in [0.29, 0.717) is 0 Å². The molecule has 0 aliphatic rings. The van der Waals surface area contributed by atoms with Crippen LogP contribution in [0.3, 0.4) is 0 Å². The molecule has 1 radical (unpaired) electrons. The molecule has 0 aliphatic carbocycles. The third-order valence-electron chi connectivity index (χ3n) is 2.70. The van der Waals surface area contributed by atoms with Gasteiger partial charge in [0.2, 0.25) is 0 Å². The molecule has 1 heteroatoms. The Kier molecular flexibility index (Phi) is 2.51. The Hall–Kier alpha value is -2.28. The summed E-state index contributed by atoms with van der Waals surface area (Å²) in [7, 11) is 0. The average molecular weight is 219 g/mol. The molecular weight excluding hydrogens is 208 g/mol. The van der Waals surface area contributed by atoms with Crippen LogP contribution in [-0.4, -0.2) is 0 Å². The molecule has 0 aliphatic heterocycles. The second-order valence-corrected chi connectivity index (χ2v) is 3.81. The van der Waals surface area contributed by atoms with Gasteiger partial charge >= 0.3 is 0 Å². The summed E-state index contributed by atoms with van der Waals surface area (Å²) in [5, 5.41) is 0. The van der Waals surface area contributed by atoms with Crippen molar-refractivity contribution in [2.45, 2.75) is 0 Å². The van der Waals surface area contributed by atoms with Gasteiger partial charge in [-0.05, 0) is 17.7 Å². The Bertz CT molecular complexity index is 540. The van der Waals surface area contributed by atoms with Crippen LogP contribution in [0.25, 0.3) is 22.5 Å². The summed E-state index contributed by atoms with van der Waals surface area (Å²) in [6, 6.07) is 23.3. The van der Waals surface area contributed by atoms with Crippen molar-refractivity contribution in [2.24, 2.45) is 0 Å². The highest BCUT2D eigenvalue weighted by Gasteiger charge is 2.09. The smallest absolute Gasteiger partial charge is 0.142 e. The molecule has 2 aromatic carbocycles. The highest BCUT2D eigenvalue weighted by atomic mass is 16.3. The lowest BCUT2D eigenvalue weighted by Crippen LogP contribution is -1.79. The summed E-state index contributed by atoms with van der Waals surface area (Å²) in [4.78, 5) is 0. The van der Waals surface area contributed by atoms with E-state index >= 15 is 0 Å². The van der Waals surface area contributed by atoms with Crippen molar-refractivity contribution < 1.29 is 4.42 Å². The van der Waals surface area contributed by atoms with E-state index in [9.17, 15) is 0 Å². The zero-order chi connectivity index (χ0) is 11.5. The fourth-order valence-corrected chi connectivity index (χ4v) is 1.90. The molecule has 0 amide bonds. The van der Waals surface area contributed by atoms with Crippen LogP contribution >= 0.6 is 0 Å². The Morgan fingerprint density at radius 3 is 2.41 bits per heavy atom. The third-order valence-corrected chi connectivity index (χ3v) is 2.70. The largest absolute Gasteiger partial charge is 0.464 e. The number of furan rings is 1. The molecule has 0 spiro atoms. The maximum absolute atomic E-state index is 5.57. The predicted octanol–water partition coefficient (Wildman–Crippen LogP) is 4.41. The van der Waals surface area contributed by atoms with E-state index in [-0.39, 0.29) is 0 Å². The molecular formula is C16H11O. The van der Waals surface area contributed by atoms with Gasteiger partial charge in [0.15, 0.2) is 0 Å². The first-order valence-corrected chi connectivity index (χ1v) is 5.55. The molecule has 0 atom stereocenters. The summed E-state index contributed by atoms with van der Waals surface area (Å²) in [5.41, 5.74) is 3.25. The van der Waals surface area contributed by atoms with Crippen molar-refractivity contribution in [2.75, 3.05) is 0 Å². The van der Waals surface area contributed by atoms with E-state index in [0.717, 1.165) is 22.5 Å². The predicted molar refractivity (Wildman–Crippen MR) is 68.4 cm³/mol. The van der Waals surface area contributed by atoms with Crippen LogP contribution in [0.1, 0.15) is 0 Å². The number of rotatable bonds is 2. The lowest BCUT2D eigenvalue weighted by atomic mass is 10.0. The minimum Gasteiger partial charge on any atom is -0.464 e. The molecule has 1 aromatic heterocycles. The maximum Gasteiger partial charge on any atom is 0.142 e. The summed E-state index contributed by atoms with van der Waals surface area (Å²) >= 11 is 0. The molecule has 0 saturated carbocycles. The first-order chi connectivity index (χ1) is 8.45. The topological polar surface area (TPSA) is 13.1 Å². The zero-order valence-electron chi connectivity index (χ0n) is 9.26. The summed E-state index contributed by atoms with van der Waals surface area (Å²) < 4.78 is 5.57. The van der Waals surface area contributed by atoms with Crippen LogP contribution < -0.4 is 0 Å². The molecule has 0 bridgehead atoms. The molecule has 1 heterocycles. The first-order valence-electron chi connectivity index (χ1n) is 5.55. The fourth-order valence-electron chi connectivity index (χ4n) is 1.90. The molecule has 1 nitrogen and oxygen atoms in total. The van der Waals surface area contributed by atoms with Gasteiger partial charge in [0, 0.05) is 11.1 Å². The van der Waals surface area contributed by atoms with Gasteiger partial charge in [-0.15, -0.1) is 0 Å². The Balaban J connectivity index is 2.13. The van der Waals surface area contributed by atoms with Gasteiger partial charge in [0.05, 0.1) is 6.26 Å². The number of benzene rings is 2. The fraction of sp³-hybridized carbons (Fsp3) is 0. The molecule has 17 heavy (non-hydrogen) atoms. The maximum atomic E-state index is 5.57. The van der Waals surface area contributed by atoms with E-state index in [2.05, 4.69) is 18.2 Å². The van der Waals surface area contributed by atoms with Gasteiger partial charge in [-0.1, -0.05) is 54.6 Å². The summed E-state index contributed by atoms with van der Waals surface area (Å²) in [5.74, 6) is 0.872. The zero-order valence-corrected chi connectivity index (χ0v) is 9.26. The standard InChI is InChI=1S/C16H11O/c1-3-7-13(8-4-1)15-11-12-17-16(15)14-9-5-2-6-10-14/h1-9,11-12H. The molecule has 3 aromatic rings. The molecule has 81 valence electrons. The van der Waals surface area contributed by atoms with Gasteiger partial charge in [0.25, 0.3) is 0 Å². The Morgan fingerprint density at radius 1 is 0.824 bits per heavy atom. The van der Waals surface area contributed by atoms with E-state index in [1.807, 2.05) is 48.5 Å². The van der Waals surface area contributed by atoms with Crippen molar-refractivity contribution in [1.82, 2.24) is 0 Å². The number of hydrogen-bond donors (Lipinski definition) is 0. The Morgan fingerprint density at radius 2 is 1.65 bits per heavy atom. The normalized spacial score (nSPS) is 10.4. The first kappa shape index (κ1) is 9.91. The lowest BCUT2D eigenvalue weighted by molar-refractivity contribution is 0.583. The van der Waals surface area contributed by atoms with Crippen molar-refractivity contribution >= 4 is 0 Å². The molecule has 0 saturated heterocycles. The second kappa shape index (κ2) is 4.30. The van der Waals surface area contributed by atoms with Gasteiger partial charge in [0.1, 0.15) is 5.76 Å². The molecule has 0 unspecified atom stereocenters.